The maximum Gasteiger partial charge on any atom is 0.294 e. The Morgan fingerprint density at radius 2 is 1.17 bits per heavy atom. The van der Waals surface area contributed by atoms with Gasteiger partial charge in [0.05, 0.1) is 69.2 Å². The normalized spacial score (nSPS) is 10.2. The van der Waals surface area contributed by atoms with Crippen LogP contribution in [0.5, 0.6) is 0 Å². The standard InChI is InChI=1S/C29H53N7O8.2C2H6/c1-24(37)32-10-14-41-18-19-42-15-11-33-26-23-27(28(36(39)40)22-25(26)30)34-12-16-43-20-21-44-17-13-35-29(38)8-6-4-3-5-7-9-31-2;2*1-2/h22-23,31,33-34H,3-21,30H2,1-2H3,(H,32,37)(H,35,38);2*1-2H3. The number of nitrogen functional groups attached to an aromatic ring is 1. The van der Waals surface area contributed by atoms with Crippen LogP contribution in [-0.4, -0.2) is 109 Å². The third-order valence-electron chi connectivity index (χ3n) is 6.25. The summed E-state index contributed by atoms with van der Waals surface area (Å²) in [6, 6.07) is 2.91. The summed E-state index contributed by atoms with van der Waals surface area (Å²) in [7, 11) is 1.95. The van der Waals surface area contributed by atoms with Crippen molar-refractivity contribution in [3.8, 4) is 0 Å². The number of hydrogen-bond donors (Lipinski definition) is 6. The molecule has 0 heterocycles. The molecule has 0 aliphatic rings. The summed E-state index contributed by atoms with van der Waals surface area (Å²) in [5.41, 5.74) is 7.01. The van der Waals surface area contributed by atoms with Gasteiger partial charge in [-0.25, -0.2) is 0 Å². The lowest BCUT2D eigenvalue weighted by Crippen LogP contribution is -2.27. The van der Waals surface area contributed by atoms with Crippen LogP contribution in [0.15, 0.2) is 12.1 Å². The lowest BCUT2D eigenvalue weighted by atomic mass is 10.1. The van der Waals surface area contributed by atoms with Crippen LogP contribution in [0.4, 0.5) is 22.7 Å². The van der Waals surface area contributed by atoms with E-state index in [-0.39, 0.29) is 23.2 Å². The van der Waals surface area contributed by atoms with E-state index in [1.165, 1.54) is 25.8 Å². The van der Waals surface area contributed by atoms with Crippen LogP contribution >= 0.6 is 0 Å². The number of nitrogens with one attached hydrogen (secondary N) is 5. The molecule has 0 bridgehead atoms. The molecule has 0 aliphatic carbocycles. The van der Waals surface area contributed by atoms with Gasteiger partial charge in [-0.05, 0) is 32.5 Å². The lowest BCUT2D eigenvalue weighted by molar-refractivity contribution is -0.383. The number of hydrogen-bond acceptors (Lipinski definition) is 12. The van der Waals surface area contributed by atoms with E-state index >= 15 is 0 Å². The van der Waals surface area contributed by atoms with E-state index in [9.17, 15) is 19.7 Å². The average Bonchev–Trinajstić information content (AvgIpc) is 3.08. The van der Waals surface area contributed by atoms with Gasteiger partial charge in [0.25, 0.3) is 5.69 Å². The first kappa shape index (κ1) is 46.9. The summed E-state index contributed by atoms with van der Waals surface area (Å²) in [6.07, 6.45) is 6.03. The summed E-state index contributed by atoms with van der Waals surface area (Å²) in [4.78, 5) is 33.7. The van der Waals surface area contributed by atoms with Gasteiger partial charge in [0.1, 0.15) is 5.69 Å². The number of unbranched alkanes of at least 4 members (excludes halogenated alkanes) is 4. The van der Waals surface area contributed by atoms with Gasteiger partial charge in [-0.15, -0.1) is 0 Å². The number of nitro benzene ring substituents is 1. The highest BCUT2D eigenvalue weighted by atomic mass is 16.6. The minimum absolute atomic E-state index is 0.0486. The molecule has 15 nitrogen and oxygen atoms in total. The van der Waals surface area contributed by atoms with Crippen LogP contribution in [0.3, 0.4) is 0 Å². The molecule has 48 heavy (non-hydrogen) atoms. The smallest absolute Gasteiger partial charge is 0.294 e. The first-order chi connectivity index (χ1) is 23.3. The molecule has 0 saturated carbocycles. The molecule has 0 unspecified atom stereocenters. The molecular formula is C33H65N7O8. The Bertz CT molecular complexity index is 942. The maximum atomic E-state index is 11.9. The number of benzene rings is 1. The van der Waals surface area contributed by atoms with E-state index in [1.807, 2.05) is 34.7 Å². The first-order valence-corrected chi connectivity index (χ1v) is 17.4. The average molecular weight is 688 g/mol. The fourth-order valence-electron chi connectivity index (χ4n) is 3.98. The Morgan fingerprint density at radius 1 is 0.688 bits per heavy atom. The fourth-order valence-corrected chi connectivity index (χ4v) is 3.98. The van der Waals surface area contributed by atoms with Crippen molar-refractivity contribution in [2.24, 2.45) is 0 Å². The molecule has 15 heteroatoms. The van der Waals surface area contributed by atoms with Gasteiger partial charge in [0, 0.05) is 45.6 Å². The Hall–Kier alpha value is -3.24. The SMILES string of the molecule is CC.CC.CNCCCCCCCC(=O)NCCOCCOCCNc1cc(NCCOCCOCCNC(C)=O)c(N)cc1[N+](=O)[O-]. The highest BCUT2D eigenvalue weighted by Gasteiger charge is 2.17. The highest BCUT2D eigenvalue weighted by molar-refractivity contribution is 5.79. The molecule has 1 aromatic carbocycles. The number of nitrogens with two attached hydrogens (primary N) is 1. The van der Waals surface area contributed by atoms with Crippen LogP contribution in [0.1, 0.15) is 73.1 Å². The monoisotopic (exact) mass is 687 g/mol. The van der Waals surface area contributed by atoms with Gasteiger partial charge in [-0.1, -0.05) is 47.0 Å². The molecular weight excluding hydrogens is 622 g/mol. The molecule has 2 amide bonds. The minimum atomic E-state index is -0.489. The summed E-state index contributed by atoms with van der Waals surface area (Å²) >= 11 is 0. The van der Waals surface area contributed by atoms with Crippen molar-refractivity contribution in [3.63, 3.8) is 0 Å². The van der Waals surface area contributed by atoms with Crippen LogP contribution in [-0.2, 0) is 28.5 Å². The Labute approximate surface area is 288 Å². The van der Waals surface area contributed by atoms with E-state index in [0.717, 1.165) is 25.8 Å². The molecule has 1 rings (SSSR count). The number of rotatable bonds is 29. The van der Waals surface area contributed by atoms with Gasteiger partial charge < -0.3 is 51.3 Å². The zero-order chi connectivity index (χ0) is 36.3. The molecule has 0 aromatic heterocycles. The topological polar surface area (TPSA) is 200 Å². The number of carbonyl (C=O) groups excluding carboxylic acids is 2. The van der Waals surface area contributed by atoms with Crippen molar-refractivity contribution in [2.75, 3.05) is 109 Å². The number of ether oxygens (including phenoxy) is 4. The van der Waals surface area contributed by atoms with E-state index < -0.39 is 4.92 Å². The molecule has 0 saturated heterocycles. The molecule has 1 aromatic rings. The molecule has 0 radical (unpaired) electrons. The zero-order valence-corrected chi connectivity index (χ0v) is 30.4. The second-order valence-corrected chi connectivity index (χ2v) is 9.97. The number of amides is 2. The molecule has 0 aliphatic heterocycles. The van der Waals surface area contributed by atoms with E-state index in [0.29, 0.717) is 96.8 Å². The van der Waals surface area contributed by atoms with E-state index in [1.54, 1.807) is 6.07 Å². The minimum Gasteiger partial charge on any atom is -0.397 e. The van der Waals surface area contributed by atoms with Gasteiger partial charge in [0.2, 0.25) is 11.8 Å². The van der Waals surface area contributed by atoms with Crippen LogP contribution in [0.2, 0.25) is 0 Å². The van der Waals surface area contributed by atoms with Gasteiger partial charge >= 0.3 is 0 Å². The predicted octanol–water partition coefficient (Wildman–Crippen LogP) is 3.93. The van der Waals surface area contributed by atoms with Gasteiger partial charge in [-0.2, -0.15) is 0 Å². The zero-order valence-electron chi connectivity index (χ0n) is 30.4. The molecule has 0 atom stereocenters. The van der Waals surface area contributed by atoms with E-state index in [4.69, 9.17) is 24.7 Å². The Kier molecular flexibility index (Phi) is 34.3. The second-order valence-electron chi connectivity index (χ2n) is 9.97. The lowest BCUT2D eigenvalue weighted by Gasteiger charge is -2.14. The summed E-state index contributed by atoms with van der Waals surface area (Å²) in [5.74, 6) is -0.0514. The van der Waals surface area contributed by atoms with Crippen LogP contribution in [0, 0.1) is 10.1 Å². The molecule has 7 N–H and O–H groups in total. The summed E-state index contributed by atoms with van der Waals surface area (Å²) in [5, 5.41) is 26.3. The molecule has 0 spiro atoms. The number of anilines is 3. The van der Waals surface area contributed by atoms with Crippen LogP contribution < -0.4 is 32.3 Å². The Balaban J connectivity index is 0. The fraction of sp³-hybridized carbons (Fsp3) is 0.758. The molecule has 280 valence electrons. The largest absolute Gasteiger partial charge is 0.397 e. The number of nitrogens with zero attached hydrogens (tertiary/aromatic N) is 1. The Morgan fingerprint density at radius 3 is 1.69 bits per heavy atom. The van der Waals surface area contributed by atoms with Crippen molar-refractivity contribution in [2.45, 2.75) is 73.1 Å². The van der Waals surface area contributed by atoms with Crippen molar-refractivity contribution in [1.82, 2.24) is 16.0 Å². The third kappa shape index (κ3) is 27.8. The highest BCUT2D eigenvalue weighted by Crippen LogP contribution is 2.32. The number of carbonyl (C=O) groups is 2. The first-order valence-electron chi connectivity index (χ1n) is 17.4. The van der Waals surface area contributed by atoms with Crippen molar-refractivity contribution < 1.29 is 33.5 Å². The third-order valence-corrected chi connectivity index (χ3v) is 6.25. The summed E-state index contributed by atoms with van der Waals surface area (Å²) in [6.45, 7) is 15.2. The summed E-state index contributed by atoms with van der Waals surface area (Å²) < 4.78 is 21.9. The van der Waals surface area contributed by atoms with E-state index in [2.05, 4.69) is 26.6 Å². The van der Waals surface area contributed by atoms with Gasteiger partial charge in [0.15, 0.2) is 0 Å². The molecule has 0 fully saturated rings. The number of nitro groups is 1. The quantitative estimate of drug-likeness (QED) is 0.0307. The van der Waals surface area contributed by atoms with Crippen molar-refractivity contribution in [3.05, 3.63) is 22.2 Å². The van der Waals surface area contributed by atoms with Crippen LogP contribution in [0.25, 0.3) is 0 Å². The van der Waals surface area contributed by atoms with Gasteiger partial charge in [-0.3, -0.25) is 19.7 Å². The van der Waals surface area contributed by atoms with Crippen molar-refractivity contribution in [1.29, 1.82) is 0 Å². The van der Waals surface area contributed by atoms with Crippen molar-refractivity contribution >= 4 is 34.6 Å². The predicted molar refractivity (Wildman–Crippen MR) is 194 cm³/mol. The maximum absolute atomic E-state index is 11.9. The second kappa shape index (κ2) is 35.1.